The predicted molar refractivity (Wildman–Crippen MR) is 122 cm³/mol. The quantitative estimate of drug-likeness (QED) is 0.529. The normalized spacial score (nSPS) is 10.8. The summed E-state index contributed by atoms with van der Waals surface area (Å²) in [6.45, 7) is -0.475. The number of sulfonamides is 1. The van der Waals surface area contributed by atoms with Gasteiger partial charge in [-0.3, -0.25) is 9.10 Å². The summed E-state index contributed by atoms with van der Waals surface area (Å²) in [4.78, 5) is 13.0. The van der Waals surface area contributed by atoms with E-state index in [1.165, 1.54) is 33.5 Å². The molecule has 0 saturated carbocycles. The Kier molecular flexibility index (Phi) is 7.21. The lowest BCUT2D eigenvalue weighted by atomic mass is 10.2. The van der Waals surface area contributed by atoms with E-state index in [0.29, 0.717) is 22.9 Å². The van der Waals surface area contributed by atoms with Crippen molar-refractivity contribution in [2.75, 3.05) is 37.5 Å². The summed E-state index contributed by atoms with van der Waals surface area (Å²) in [7, 11) is 0.375. The molecule has 0 aromatic heterocycles. The van der Waals surface area contributed by atoms with E-state index in [0.717, 1.165) is 4.31 Å². The summed E-state index contributed by atoms with van der Waals surface area (Å²) in [5.41, 5.74) is 0.653. The van der Waals surface area contributed by atoms with E-state index in [-0.39, 0.29) is 10.6 Å². The molecule has 9 heteroatoms. The topological polar surface area (TPSA) is 94.2 Å². The molecule has 32 heavy (non-hydrogen) atoms. The number of benzene rings is 3. The van der Waals surface area contributed by atoms with Crippen molar-refractivity contribution < 1.29 is 27.4 Å². The molecule has 0 unspecified atom stereocenters. The first-order valence-electron chi connectivity index (χ1n) is 9.62. The third kappa shape index (κ3) is 5.12. The van der Waals surface area contributed by atoms with Crippen molar-refractivity contribution in [1.29, 1.82) is 0 Å². The largest absolute Gasteiger partial charge is 0.497 e. The molecule has 0 bridgehead atoms. The maximum absolute atomic E-state index is 13.4. The molecule has 168 valence electrons. The average Bonchev–Trinajstić information content (AvgIpc) is 2.82. The highest BCUT2D eigenvalue weighted by Crippen LogP contribution is 2.32. The van der Waals surface area contributed by atoms with E-state index < -0.39 is 22.5 Å². The van der Waals surface area contributed by atoms with Gasteiger partial charge in [-0.1, -0.05) is 30.3 Å². The maximum atomic E-state index is 13.4. The second kappa shape index (κ2) is 10.1. The van der Waals surface area contributed by atoms with Crippen LogP contribution in [0.1, 0.15) is 0 Å². The van der Waals surface area contributed by atoms with Crippen molar-refractivity contribution >= 4 is 27.3 Å². The summed E-state index contributed by atoms with van der Waals surface area (Å²) >= 11 is 0. The van der Waals surface area contributed by atoms with Gasteiger partial charge >= 0.3 is 0 Å². The molecule has 0 heterocycles. The molecule has 1 N–H and O–H groups in total. The van der Waals surface area contributed by atoms with E-state index >= 15 is 0 Å². The smallest absolute Gasteiger partial charge is 0.264 e. The minimum Gasteiger partial charge on any atom is -0.497 e. The zero-order valence-corrected chi connectivity index (χ0v) is 18.8. The minimum atomic E-state index is -4.06. The van der Waals surface area contributed by atoms with Crippen LogP contribution in [0.5, 0.6) is 17.2 Å². The first-order valence-corrected chi connectivity index (χ1v) is 11.1. The summed E-state index contributed by atoms with van der Waals surface area (Å²) in [5, 5.41) is 2.71. The Labute approximate surface area is 187 Å². The molecule has 0 aliphatic rings. The zero-order valence-electron chi connectivity index (χ0n) is 17.9. The number of ether oxygens (including phenoxy) is 3. The predicted octanol–water partition coefficient (Wildman–Crippen LogP) is 3.55. The number of nitrogens with zero attached hydrogens (tertiary/aromatic N) is 1. The number of carbonyl (C=O) groups is 1. The molecule has 0 saturated heterocycles. The Bertz CT molecular complexity index is 1160. The number of carbonyl (C=O) groups excluding carboxylic acids is 1. The van der Waals surface area contributed by atoms with Crippen molar-refractivity contribution in [1.82, 2.24) is 0 Å². The number of hydrogen-bond donors (Lipinski definition) is 1. The average molecular weight is 457 g/mol. The van der Waals surface area contributed by atoms with Crippen molar-refractivity contribution in [3.63, 3.8) is 0 Å². The first kappa shape index (κ1) is 23.0. The Hall–Kier alpha value is -3.72. The van der Waals surface area contributed by atoms with Gasteiger partial charge in [0.25, 0.3) is 10.0 Å². The lowest BCUT2D eigenvalue weighted by Gasteiger charge is -2.25. The third-order valence-electron chi connectivity index (χ3n) is 4.61. The van der Waals surface area contributed by atoms with Gasteiger partial charge in [-0.25, -0.2) is 8.42 Å². The number of nitrogens with one attached hydrogen (secondary N) is 1. The van der Waals surface area contributed by atoms with Crippen molar-refractivity contribution in [2.24, 2.45) is 0 Å². The summed E-state index contributed by atoms with van der Waals surface area (Å²) < 4.78 is 43.7. The SMILES string of the molecule is COc1cc(NC(=O)CN(c2ccccc2OC)S(=O)(=O)c2ccccc2)cc(OC)c1. The van der Waals surface area contributed by atoms with Gasteiger partial charge in [0.15, 0.2) is 0 Å². The van der Waals surface area contributed by atoms with E-state index in [9.17, 15) is 13.2 Å². The lowest BCUT2D eigenvalue weighted by molar-refractivity contribution is -0.114. The monoisotopic (exact) mass is 456 g/mol. The van der Waals surface area contributed by atoms with Crippen molar-refractivity contribution in [3.8, 4) is 17.2 Å². The van der Waals surface area contributed by atoms with Gasteiger partial charge in [0.1, 0.15) is 23.8 Å². The Morgan fingerprint density at radius 1 is 0.844 bits per heavy atom. The fourth-order valence-electron chi connectivity index (χ4n) is 3.07. The van der Waals surface area contributed by atoms with Crippen LogP contribution >= 0.6 is 0 Å². The van der Waals surface area contributed by atoms with Gasteiger partial charge in [0.2, 0.25) is 5.91 Å². The van der Waals surface area contributed by atoms with Gasteiger partial charge in [0, 0.05) is 23.9 Å². The van der Waals surface area contributed by atoms with Crippen LogP contribution in [0.15, 0.2) is 77.7 Å². The van der Waals surface area contributed by atoms with Crippen LogP contribution in [0.3, 0.4) is 0 Å². The molecule has 0 atom stereocenters. The molecule has 3 aromatic rings. The molecule has 3 aromatic carbocycles. The number of para-hydroxylation sites is 2. The fraction of sp³-hybridized carbons (Fsp3) is 0.174. The van der Waals surface area contributed by atoms with E-state index in [2.05, 4.69) is 5.32 Å². The first-order chi connectivity index (χ1) is 15.4. The lowest BCUT2D eigenvalue weighted by Crippen LogP contribution is -2.38. The molecule has 0 fully saturated rings. The summed E-state index contributed by atoms with van der Waals surface area (Å²) in [5.74, 6) is 0.741. The molecule has 0 spiro atoms. The summed E-state index contributed by atoms with van der Waals surface area (Å²) in [6, 6.07) is 19.4. The fourth-order valence-corrected chi connectivity index (χ4v) is 4.52. The van der Waals surface area contributed by atoms with Gasteiger partial charge in [-0.2, -0.15) is 0 Å². The molecular formula is C23H24N2O6S. The minimum absolute atomic E-state index is 0.0572. The van der Waals surface area contributed by atoms with Crippen molar-refractivity contribution in [3.05, 3.63) is 72.8 Å². The molecule has 0 aliphatic carbocycles. The third-order valence-corrected chi connectivity index (χ3v) is 6.38. The zero-order chi connectivity index (χ0) is 23.1. The van der Waals surface area contributed by atoms with Crippen LogP contribution in [0, 0.1) is 0 Å². The molecule has 0 radical (unpaired) electrons. The van der Waals surface area contributed by atoms with Gasteiger partial charge in [-0.15, -0.1) is 0 Å². The summed E-state index contributed by atoms with van der Waals surface area (Å²) in [6.07, 6.45) is 0. The molecule has 1 amide bonds. The highest BCUT2D eigenvalue weighted by Gasteiger charge is 2.29. The van der Waals surface area contributed by atoms with E-state index in [4.69, 9.17) is 14.2 Å². The van der Waals surface area contributed by atoms with Gasteiger partial charge < -0.3 is 19.5 Å². The number of methoxy groups -OCH3 is 3. The number of hydrogen-bond acceptors (Lipinski definition) is 6. The molecule has 8 nitrogen and oxygen atoms in total. The number of anilines is 2. The number of rotatable bonds is 9. The van der Waals surface area contributed by atoms with Crippen LogP contribution in [0.4, 0.5) is 11.4 Å². The van der Waals surface area contributed by atoms with Crippen LogP contribution in [0.25, 0.3) is 0 Å². The second-order valence-corrected chi connectivity index (χ2v) is 8.51. The highest BCUT2D eigenvalue weighted by molar-refractivity contribution is 7.92. The van der Waals surface area contributed by atoms with Crippen LogP contribution in [0.2, 0.25) is 0 Å². The molecule has 3 rings (SSSR count). The Morgan fingerprint density at radius 3 is 2.03 bits per heavy atom. The Morgan fingerprint density at radius 2 is 1.44 bits per heavy atom. The highest BCUT2D eigenvalue weighted by atomic mass is 32.2. The molecule has 0 aliphatic heterocycles. The van der Waals surface area contributed by atoms with E-state index in [1.807, 2.05) is 0 Å². The van der Waals surface area contributed by atoms with Crippen LogP contribution < -0.4 is 23.8 Å². The van der Waals surface area contributed by atoms with Crippen LogP contribution in [-0.2, 0) is 14.8 Å². The Balaban J connectivity index is 1.97. The van der Waals surface area contributed by atoms with Crippen molar-refractivity contribution in [2.45, 2.75) is 4.90 Å². The number of amides is 1. The van der Waals surface area contributed by atoms with Gasteiger partial charge in [0.05, 0.1) is 31.9 Å². The van der Waals surface area contributed by atoms with E-state index in [1.54, 1.807) is 60.7 Å². The standard InChI is InChI=1S/C23H24N2O6S/c1-29-18-13-17(14-19(15-18)30-2)24-23(26)16-25(21-11-7-8-12-22(21)31-3)32(27,28)20-9-5-4-6-10-20/h4-15H,16H2,1-3H3,(H,24,26). The van der Waals surface area contributed by atoms with Gasteiger partial charge in [-0.05, 0) is 24.3 Å². The maximum Gasteiger partial charge on any atom is 0.264 e. The van der Waals surface area contributed by atoms with Crippen LogP contribution in [-0.4, -0.2) is 42.2 Å². The molecular weight excluding hydrogens is 432 g/mol. The second-order valence-electron chi connectivity index (χ2n) is 6.65.